The molecule has 0 N–H and O–H groups in total. The summed E-state index contributed by atoms with van der Waals surface area (Å²) in [5.74, 6) is 0.687. The van der Waals surface area contributed by atoms with Crippen LogP contribution in [-0.2, 0) is 27.7 Å². The first-order valence-corrected chi connectivity index (χ1v) is 10.9. The Morgan fingerprint density at radius 3 is 1.77 bits per heavy atom. The molecular formula is C21H25NO3S. The van der Waals surface area contributed by atoms with Crippen LogP contribution >= 0.6 is 0 Å². The van der Waals surface area contributed by atoms with Gasteiger partial charge in [0.05, 0.1) is 11.5 Å². The zero-order valence-electron chi connectivity index (χ0n) is 14.9. The third-order valence-corrected chi connectivity index (χ3v) is 6.64. The molecule has 2 aromatic rings. The summed E-state index contributed by atoms with van der Waals surface area (Å²) < 4.78 is 23.2. The lowest BCUT2D eigenvalue weighted by Crippen LogP contribution is -2.33. The van der Waals surface area contributed by atoms with Crippen molar-refractivity contribution in [3.8, 4) is 0 Å². The Hall–Kier alpha value is -2.14. The molecule has 2 aromatic carbocycles. The van der Waals surface area contributed by atoms with Crippen molar-refractivity contribution in [2.45, 2.75) is 32.4 Å². The number of carbonyl (C=O) groups is 1. The molecule has 0 spiro atoms. The molecule has 1 amide bonds. The summed E-state index contributed by atoms with van der Waals surface area (Å²) in [7, 11) is -2.89. The van der Waals surface area contributed by atoms with Gasteiger partial charge in [-0.2, -0.15) is 0 Å². The minimum atomic E-state index is -2.89. The maximum absolute atomic E-state index is 13.0. The first-order valence-electron chi connectivity index (χ1n) is 9.08. The van der Waals surface area contributed by atoms with E-state index in [2.05, 4.69) is 0 Å². The second kappa shape index (κ2) is 8.49. The van der Waals surface area contributed by atoms with Crippen LogP contribution in [0.25, 0.3) is 0 Å². The third kappa shape index (κ3) is 5.43. The predicted octanol–water partition coefficient (Wildman–Crippen LogP) is 3.43. The first kappa shape index (κ1) is 18.6. The zero-order chi connectivity index (χ0) is 18.4. The van der Waals surface area contributed by atoms with Crippen LogP contribution in [0.2, 0.25) is 0 Å². The van der Waals surface area contributed by atoms with Crippen molar-refractivity contribution in [3.63, 3.8) is 0 Å². The van der Waals surface area contributed by atoms with Crippen molar-refractivity contribution < 1.29 is 13.2 Å². The van der Waals surface area contributed by atoms with Gasteiger partial charge in [0.2, 0.25) is 5.91 Å². The maximum Gasteiger partial charge on any atom is 0.223 e. The molecule has 5 heteroatoms. The predicted molar refractivity (Wildman–Crippen MR) is 103 cm³/mol. The molecule has 0 radical (unpaired) electrons. The van der Waals surface area contributed by atoms with E-state index in [1.54, 1.807) is 0 Å². The Labute approximate surface area is 155 Å². The van der Waals surface area contributed by atoms with Gasteiger partial charge in [-0.1, -0.05) is 60.7 Å². The summed E-state index contributed by atoms with van der Waals surface area (Å²) in [4.78, 5) is 14.8. The van der Waals surface area contributed by atoms with Crippen LogP contribution in [-0.4, -0.2) is 30.7 Å². The third-order valence-electron chi connectivity index (χ3n) is 4.92. The van der Waals surface area contributed by atoms with Crippen molar-refractivity contribution in [1.29, 1.82) is 0 Å². The van der Waals surface area contributed by atoms with E-state index in [1.165, 1.54) is 0 Å². The molecule has 4 nitrogen and oxygen atoms in total. The van der Waals surface area contributed by atoms with Gasteiger partial charge in [0, 0.05) is 19.5 Å². The van der Waals surface area contributed by atoms with Gasteiger partial charge in [0.25, 0.3) is 0 Å². The van der Waals surface area contributed by atoms with E-state index >= 15 is 0 Å². The monoisotopic (exact) mass is 371 g/mol. The highest BCUT2D eigenvalue weighted by atomic mass is 32.2. The van der Waals surface area contributed by atoms with Gasteiger partial charge in [0.1, 0.15) is 9.84 Å². The molecule has 0 aromatic heterocycles. The fourth-order valence-corrected chi connectivity index (χ4v) is 4.95. The van der Waals surface area contributed by atoms with Gasteiger partial charge >= 0.3 is 0 Å². The van der Waals surface area contributed by atoms with Crippen molar-refractivity contribution in [2.75, 3.05) is 11.5 Å². The van der Waals surface area contributed by atoms with Crippen LogP contribution in [0.3, 0.4) is 0 Å². The lowest BCUT2D eigenvalue weighted by Gasteiger charge is -2.27. The fraction of sp³-hybridized carbons (Fsp3) is 0.381. The van der Waals surface area contributed by atoms with Crippen LogP contribution in [0.4, 0.5) is 0 Å². The Morgan fingerprint density at radius 1 is 0.846 bits per heavy atom. The van der Waals surface area contributed by atoms with Gasteiger partial charge in [0.15, 0.2) is 0 Å². The van der Waals surface area contributed by atoms with Gasteiger partial charge in [-0.15, -0.1) is 0 Å². The Bertz CT molecular complexity index is 763. The molecule has 0 unspecified atom stereocenters. The molecule has 0 aliphatic carbocycles. The molecule has 1 heterocycles. The van der Waals surface area contributed by atoms with Gasteiger partial charge in [-0.05, 0) is 29.9 Å². The second-order valence-corrected chi connectivity index (χ2v) is 9.32. The summed E-state index contributed by atoms with van der Waals surface area (Å²) >= 11 is 0. The quantitative estimate of drug-likeness (QED) is 0.782. The van der Waals surface area contributed by atoms with E-state index in [1.807, 2.05) is 65.6 Å². The standard InChI is InChI=1S/C21H25NO3S/c23-21(15-18-11-13-26(24,25)14-12-18)22(16-19-7-3-1-4-8-19)17-20-9-5-2-6-10-20/h1-10,18H,11-17H2. The Balaban J connectivity index is 1.68. The molecule has 1 fully saturated rings. The summed E-state index contributed by atoms with van der Waals surface area (Å²) in [6.07, 6.45) is 1.62. The fourth-order valence-electron chi connectivity index (χ4n) is 3.36. The van der Waals surface area contributed by atoms with Crippen molar-refractivity contribution >= 4 is 15.7 Å². The maximum atomic E-state index is 13.0. The largest absolute Gasteiger partial charge is 0.334 e. The van der Waals surface area contributed by atoms with Crippen molar-refractivity contribution in [2.24, 2.45) is 5.92 Å². The van der Waals surface area contributed by atoms with E-state index in [-0.39, 0.29) is 23.3 Å². The van der Waals surface area contributed by atoms with Crippen LogP contribution in [0.1, 0.15) is 30.4 Å². The number of rotatable bonds is 6. The molecule has 26 heavy (non-hydrogen) atoms. The van der Waals surface area contributed by atoms with Crippen LogP contribution in [0, 0.1) is 5.92 Å². The molecule has 1 aliphatic rings. The topological polar surface area (TPSA) is 54.5 Å². The van der Waals surface area contributed by atoms with E-state index in [9.17, 15) is 13.2 Å². The molecule has 0 atom stereocenters. The summed E-state index contributed by atoms with van der Waals surface area (Å²) in [5, 5.41) is 0. The molecule has 1 aliphatic heterocycles. The molecule has 3 rings (SSSR count). The lowest BCUT2D eigenvalue weighted by molar-refractivity contribution is -0.133. The minimum Gasteiger partial charge on any atom is -0.334 e. The average Bonchev–Trinajstić information content (AvgIpc) is 2.64. The molecule has 138 valence electrons. The number of carbonyl (C=O) groups excluding carboxylic acids is 1. The second-order valence-electron chi connectivity index (χ2n) is 7.02. The smallest absolute Gasteiger partial charge is 0.223 e. The number of hydrogen-bond acceptors (Lipinski definition) is 3. The van der Waals surface area contributed by atoms with E-state index in [4.69, 9.17) is 0 Å². The lowest BCUT2D eigenvalue weighted by atomic mass is 9.98. The Morgan fingerprint density at radius 2 is 1.31 bits per heavy atom. The van der Waals surface area contributed by atoms with Crippen LogP contribution in [0.5, 0.6) is 0 Å². The number of nitrogens with zero attached hydrogens (tertiary/aromatic N) is 1. The highest BCUT2D eigenvalue weighted by Crippen LogP contribution is 2.24. The number of benzene rings is 2. The summed E-state index contributed by atoms with van der Waals surface area (Å²) in [6.45, 7) is 1.14. The van der Waals surface area contributed by atoms with Gasteiger partial charge in [-0.3, -0.25) is 4.79 Å². The van der Waals surface area contributed by atoms with Crippen LogP contribution in [0.15, 0.2) is 60.7 Å². The highest BCUT2D eigenvalue weighted by Gasteiger charge is 2.27. The van der Waals surface area contributed by atoms with E-state index in [0.29, 0.717) is 32.4 Å². The van der Waals surface area contributed by atoms with Crippen molar-refractivity contribution in [3.05, 3.63) is 71.8 Å². The van der Waals surface area contributed by atoms with Gasteiger partial charge in [-0.25, -0.2) is 8.42 Å². The number of hydrogen-bond donors (Lipinski definition) is 0. The average molecular weight is 372 g/mol. The molecule has 1 saturated heterocycles. The van der Waals surface area contributed by atoms with Gasteiger partial charge < -0.3 is 4.90 Å². The van der Waals surface area contributed by atoms with E-state index in [0.717, 1.165) is 11.1 Å². The van der Waals surface area contributed by atoms with E-state index < -0.39 is 9.84 Å². The molecular weight excluding hydrogens is 346 g/mol. The minimum absolute atomic E-state index is 0.0991. The Kier molecular flexibility index (Phi) is 6.09. The highest BCUT2D eigenvalue weighted by molar-refractivity contribution is 7.91. The summed E-state index contributed by atoms with van der Waals surface area (Å²) in [5.41, 5.74) is 2.20. The molecule has 0 saturated carbocycles. The summed E-state index contributed by atoms with van der Waals surface area (Å²) in [6, 6.07) is 20.0. The number of sulfone groups is 1. The van der Waals surface area contributed by atoms with Crippen LogP contribution < -0.4 is 0 Å². The van der Waals surface area contributed by atoms with Crippen molar-refractivity contribution in [1.82, 2.24) is 4.90 Å². The molecule has 0 bridgehead atoms. The SMILES string of the molecule is O=C(CC1CCS(=O)(=O)CC1)N(Cc1ccccc1)Cc1ccccc1. The first-order chi connectivity index (χ1) is 12.5. The number of amides is 1. The zero-order valence-corrected chi connectivity index (χ0v) is 15.7. The normalized spacial score (nSPS) is 16.9.